The molecule has 0 amide bonds. The molecule has 4 atom stereocenters. The number of sulfone groups is 1. The lowest BCUT2D eigenvalue weighted by atomic mass is 10.0. The molecule has 2 heterocycles. The van der Waals surface area contributed by atoms with Crippen molar-refractivity contribution in [3.8, 4) is 0 Å². The molecular formula is C20H32O5SSi. The van der Waals surface area contributed by atoms with Crippen LogP contribution in [0.4, 0.5) is 0 Å². The van der Waals surface area contributed by atoms with Gasteiger partial charge < -0.3 is 13.9 Å². The Bertz CT molecular complexity index is 741. The maximum atomic E-state index is 12.7. The van der Waals surface area contributed by atoms with Gasteiger partial charge in [-0.3, -0.25) is 0 Å². The van der Waals surface area contributed by atoms with Crippen molar-refractivity contribution in [1.29, 1.82) is 0 Å². The Hall–Kier alpha value is -0.733. The van der Waals surface area contributed by atoms with E-state index in [1.807, 2.05) is 6.07 Å². The van der Waals surface area contributed by atoms with Crippen molar-refractivity contribution >= 4 is 18.2 Å². The first-order valence-electron chi connectivity index (χ1n) is 9.76. The molecule has 0 aliphatic carbocycles. The van der Waals surface area contributed by atoms with Crippen LogP contribution in [-0.4, -0.2) is 47.1 Å². The summed E-state index contributed by atoms with van der Waals surface area (Å²) in [5.74, 6) is 0. The van der Waals surface area contributed by atoms with Gasteiger partial charge in [0.15, 0.2) is 13.8 Å². The molecule has 0 N–H and O–H groups in total. The first-order valence-corrected chi connectivity index (χ1v) is 14.2. The van der Waals surface area contributed by atoms with E-state index in [0.717, 1.165) is 12.8 Å². The highest BCUT2D eigenvalue weighted by atomic mass is 32.2. The van der Waals surface area contributed by atoms with Gasteiger partial charge in [-0.25, -0.2) is 8.42 Å². The molecule has 0 spiro atoms. The van der Waals surface area contributed by atoms with Crippen molar-refractivity contribution in [3.05, 3.63) is 30.3 Å². The molecule has 0 bridgehead atoms. The van der Waals surface area contributed by atoms with Crippen molar-refractivity contribution in [2.75, 3.05) is 6.61 Å². The average Bonchev–Trinajstić information content (AvgIpc) is 3.36. The summed E-state index contributed by atoms with van der Waals surface area (Å²) in [5, 5.41) is 0.129. The third-order valence-corrected chi connectivity index (χ3v) is 12.5. The first kappa shape index (κ1) is 21.0. The Morgan fingerprint density at radius 1 is 1.15 bits per heavy atom. The van der Waals surface area contributed by atoms with E-state index in [9.17, 15) is 8.42 Å². The largest absolute Gasteiger partial charge is 0.411 e. The van der Waals surface area contributed by atoms with Gasteiger partial charge in [0.1, 0.15) is 6.10 Å². The van der Waals surface area contributed by atoms with Crippen molar-refractivity contribution in [2.45, 2.75) is 86.8 Å². The summed E-state index contributed by atoms with van der Waals surface area (Å²) in [6.07, 6.45) is 2.10. The summed E-state index contributed by atoms with van der Waals surface area (Å²) in [4.78, 5) is 0.316. The third kappa shape index (κ3) is 4.64. The number of ether oxygens (including phenoxy) is 2. The van der Waals surface area contributed by atoms with E-state index >= 15 is 0 Å². The highest BCUT2D eigenvalue weighted by molar-refractivity contribution is 7.92. The fraction of sp³-hybridized carbons (Fsp3) is 0.700. The average molecular weight is 413 g/mol. The number of hydrogen-bond donors (Lipinski definition) is 0. The Labute approximate surface area is 164 Å². The van der Waals surface area contributed by atoms with Crippen LogP contribution in [0.25, 0.3) is 0 Å². The third-order valence-electron chi connectivity index (χ3n) is 6.01. The molecule has 152 valence electrons. The van der Waals surface area contributed by atoms with Gasteiger partial charge in [-0.15, -0.1) is 0 Å². The zero-order valence-corrected chi connectivity index (χ0v) is 18.8. The summed E-state index contributed by atoms with van der Waals surface area (Å²) >= 11 is 0. The minimum atomic E-state index is -3.45. The highest BCUT2D eigenvalue weighted by Crippen LogP contribution is 2.41. The van der Waals surface area contributed by atoms with E-state index in [1.165, 1.54) is 0 Å². The lowest BCUT2D eigenvalue weighted by molar-refractivity contribution is -0.0732. The van der Waals surface area contributed by atoms with E-state index in [1.54, 1.807) is 24.3 Å². The normalized spacial score (nSPS) is 29.5. The van der Waals surface area contributed by atoms with Crippen LogP contribution in [0.5, 0.6) is 0 Å². The molecule has 27 heavy (non-hydrogen) atoms. The summed E-state index contributed by atoms with van der Waals surface area (Å²) in [7, 11) is -5.36. The van der Waals surface area contributed by atoms with Crippen LogP contribution in [-0.2, 0) is 23.7 Å². The second-order valence-corrected chi connectivity index (χ2v) is 15.9. The van der Waals surface area contributed by atoms with Gasteiger partial charge in [-0.2, -0.15) is 0 Å². The molecule has 5 nitrogen and oxygen atoms in total. The molecule has 2 aliphatic heterocycles. The Morgan fingerprint density at radius 3 is 2.44 bits per heavy atom. The fourth-order valence-corrected chi connectivity index (χ4v) is 6.25. The Morgan fingerprint density at radius 2 is 1.81 bits per heavy atom. The molecule has 0 radical (unpaired) electrons. The Kier molecular flexibility index (Phi) is 5.90. The summed E-state index contributed by atoms with van der Waals surface area (Å²) < 4.78 is 43.6. The summed E-state index contributed by atoms with van der Waals surface area (Å²) in [6, 6.07) is 8.52. The predicted molar refractivity (Wildman–Crippen MR) is 108 cm³/mol. The zero-order valence-electron chi connectivity index (χ0n) is 17.0. The van der Waals surface area contributed by atoms with Crippen LogP contribution in [0.2, 0.25) is 18.1 Å². The molecule has 2 saturated heterocycles. The summed E-state index contributed by atoms with van der Waals surface area (Å²) in [6.45, 7) is 11.9. The second kappa shape index (κ2) is 7.59. The molecule has 1 aromatic rings. The van der Waals surface area contributed by atoms with Crippen LogP contribution < -0.4 is 0 Å². The molecule has 7 heteroatoms. The van der Waals surface area contributed by atoms with E-state index in [0.29, 0.717) is 17.9 Å². The minimum Gasteiger partial charge on any atom is -0.411 e. The SMILES string of the molecule is CC(C)(C)[Si](C)(C)O[C@H]1CCCO[C@@H]1C[C@H]1O[C@@H]1S(=O)(=O)c1ccccc1. The monoisotopic (exact) mass is 412 g/mol. The number of benzene rings is 1. The topological polar surface area (TPSA) is 65.1 Å². The lowest BCUT2D eigenvalue weighted by Crippen LogP contribution is -2.49. The smallest absolute Gasteiger partial charge is 0.207 e. The van der Waals surface area contributed by atoms with Gasteiger partial charge >= 0.3 is 0 Å². The summed E-state index contributed by atoms with van der Waals surface area (Å²) in [5.41, 5.74) is -0.765. The maximum Gasteiger partial charge on any atom is 0.207 e. The zero-order chi connectivity index (χ0) is 19.9. The van der Waals surface area contributed by atoms with Crippen LogP contribution >= 0.6 is 0 Å². The van der Waals surface area contributed by atoms with Gasteiger partial charge in [-0.05, 0) is 43.1 Å². The van der Waals surface area contributed by atoms with Crippen molar-refractivity contribution in [2.24, 2.45) is 0 Å². The molecule has 2 aliphatic rings. The van der Waals surface area contributed by atoms with E-state index in [-0.39, 0.29) is 23.4 Å². The first-order chi connectivity index (χ1) is 12.5. The lowest BCUT2D eigenvalue weighted by Gasteiger charge is -2.42. The van der Waals surface area contributed by atoms with Gasteiger partial charge in [0.2, 0.25) is 9.84 Å². The minimum absolute atomic E-state index is 0.0175. The van der Waals surface area contributed by atoms with E-state index < -0.39 is 23.6 Å². The standard InChI is InChI=1S/C20H32O5SSi/c1-20(2,3)27(4,5)25-16-12-9-13-23-17(16)14-18-19(24-18)26(21,22)15-10-7-6-8-11-15/h6-8,10-11,16-19H,9,12-14H2,1-5H3/t16-,17+,18+,19+/m0/s1. The van der Waals surface area contributed by atoms with Crippen molar-refractivity contribution in [1.82, 2.24) is 0 Å². The second-order valence-electron chi connectivity index (χ2n) is 9.10. The van der Waals surface area contributed by atoms with Crippen LogP contribution in [0.15, 0.2) is 35.2 Å². The molecule has 2 fully saturated rings. The van der Waals surface area contributed by atoms with Crippen LogP contribution in [0.3, 0.4) is 0 Å². The Balaban J connectivity index is 1.65. The maximum absolute atomic E-state index is 12.7. The van der Waals surface area contributed by atoms with Gasteiger partial charge in [0.25, 0.3) is 0 Å². The molecule has 1 aromatic carbocycles. The highest BCUT2D eigenvalue weighted by Gasteiger charge is 2.52. The molecule has 0 aromatic heterocycles. The predicted octanol–water partition coefficient (Wildman–Crippen LogP) is 4.14. The van der Waals surface area contributed by atoms with Crippen molar-refractivity contribution < 1.29 is 22.3 Å². The molecule has 3 rings (SSSR count). The molecular weight excluding hydrogens is 380 g/mol. The van der Waals surface area contributed by atoms with Gasteiger partial charge in [0.05, 0.1) is 17.1 Å². The van der Waals surface area contributed by atoms with Gasteiger partial charge in [0, 0.05) is 13.0 Å². The van der Waals surface area contributed by atoms with E-state index in [4.69, 9.17) is 13.9 Å². The molecule has 0 saturated carbocycles. The van der Waals surface area contributed by atoms with E-state index in [2.05, 4.69) is 33.9 Å². The van der Waals surface area contributed by atoms with Gasteiger partial charge in [-0.1, -0.05) is 39.0 Å². The number of rotatable bonds is 6. The van der Waals surface area contributed by atoms with Crippen LogP contribution in [0, 0.1) is 0 Å². The molecule has 0 unspecified atom stereocenters. The number of epoxide rings is 1. The van der Waals surface area contributed by atoms with Crippen molar-refractivity contribution in [3.63, 3.8) is 0 Å². The number of hydrogen-bond acceptors (Lipinski definition) is 5. The fourth-order valence-electron chi connectivity index (χ4n) is 3.26. The van der Waals surface area contributed by atoms with Crippen LogP contribution in [0.1, 0.15) is 40.0 Å². The quantitative estimate of drug-likeness (QED) is 0.519.